The van der Waals surface area contributed by atoms with Crippen molar-refractivity contribution < 1.29 is 5.11 Å². The Bertz CT molecular complexity index is 566. The number of rotatable bonds is 6. The van der Waals surface area contributed by atoms with Crippen molar-refractivity contribution in [2.75, 3.05) is 18.5 Å². The summed E-state index contributed by atoms with van der Waals surface area (Å²) in [5.74, 6) is 0. The van der Waals surface area contributed by atoms with Crippen molar-refractivity contribution in [3.8, 4) is 0 Å². The number of aliphatic hydroxyl groups excluding tert-OH is 1. The van der Waals surface area contributed by atoms with Crippen LogP contribution in [0.15, 0.2) is 43.0 Å². The minimum Gasteiger partial charge on any atom is -0.390 e. The molecule has 3 heteroatoms. The number of nitrogens with zero attached hydrogens (tertiary/aromatic N) is 2. The lowest BCUT2D eigenvalue weighted by Crippen LogP contribution is -2.19. The van der Waals surface area contributed by atoms with E-state index in [1.807, 2.05) is 30.3 Å². The fraction of sp³-hybridized carbons (Fsp3) is 0.312. The predicted octanol–water partition coefficient (Wildman–Crippen LogP) is 3.13. The number of para-hydroxylation sites is 1. The third kappa shape index (κ3) is 3.12. The van der Waals surface area contributed by atoms with Gasteiger partial charge >= 0.3 is 0 Å². The van der Waals surface area contributed by atoms with Crippen LogP contribution < -0.4 is 4.90 Å². The van der Waals surface area contributed by atoms with Gasteiger partial charge in [-0.25, -0.2) is 0 Å². The molecule has 0 bridgehead atoms. The Morgan fingerprint density at radius 1 is 1.37 bits per heavy atom. The third-order valence-electron chi connectivity index (χ3n) is 3.22. The minimum atomic E-state index is -0.0294. The maximum atomic E-state index is 9.32. The normalized spacial score (nSPS) is 10.6. The van der Waals surface area contributed by atoms with E-state index in [2.05, 4.69) is 29.6 Å². The van der Waals surface area contributed by atoms with Crippen LogP contribution in [0.4, 0.5) is 5.69 Å². The summed E-state index contributed by atoms with van der Waals surface area (Å²) < 4.78 is 0. The van der Waals surface area contributed by atoms with Crippen molar-refractivity contribution in [2.24, 2.45) is 0 Å². The van der Waals surface area contributed by atoms with Gasteiger partial charge in [0.15, 0.2) is 0 Å². The number of benzene rings is 1. The highest BCUT2D eigenvalue weighted by Gasteiger charge is 2.08. The summed E-state index contributed by atoms with van der Waals surface area (Å²) >= 11 is 0. The van der Waals surface area contributed by atoms with Crippen molar-refractivity contribution in [3.05, 3.63) is 48.7 Å². The molecule has 100 valence electrons. The molecule has 3 nitrogen and oxygen atoms in total. The smallest absolute Gasteiger partial charge is 0.0854 e. The predicted molar refractivity (Wildman–Crippen MR) is 80.4 cm³/mol. The number of aromatic nitrogens is 1. The second kappa shape index (κ2) is 6.34. The molecule has 0 fully saturated rings. The van der Waals surface area contributed by atoms with Gasteiger partial charge in [0.25, 0.3) is 0 Å². The van der Waals surface area contributed by atoms with Crippen LogP contribution in [0.25, 0.3) is 10.9 Å². The van der Waals surface area contributed by atoms with Gasteiger partial charge in [-0.1, -0.05) is 24.3 Å². The molecule has 2 aromatic rings. The molecule has 1 aromatic heterocycles. The van der Waals surface area contributed by atoms with Crippen LogP contribution in [-0.4, -0.2) is 23.7 Å². The van der Waals surface area contributed by atoms with Gasteiger partial charge in [0.2, 0.25) is 0 Å². The van der Waals surface area contributed by atoms with Crippen molar-refractivity contribution in [2.45, 2.75) is 19.4 Å². The summed E-state index contributed by atoms with van der Waals surface area (Å²) in [4.78, 5) is 6.66. The van der Waals surface area contributed by atoms with Crippen LogP contribution >= 0.6 is 0 Å². The standard InChI is InChI=1S/C16H20N2O/c1-3-4-7-10-18(2)16-11-13(12-19)17-15-9-6-5-8-14(15)16/h3,5-6,8-9,11,19H,1,4,7,10,12H2,2H3. The second-order valence-corrected chi connectivity index (χ2v) is 4.66. The van der Waals surface area contributed by atoms with Crippen LogP contribution in [0, 0.1) is 0 Å². The zero-order chi connectivity index (χ0) is 13.7. The molecule has 1 heterocycles. The average Bonchev–Trinajstić information content (AvgIpc) is 2.46. The van der Waals surface area contributed by atoms with Gasteiger partial charge in [0, 0.05) is 24.7 Å². The van der Waals surface area contributed by atoms with Crippen LogP contribution in [0.1, 0.15) is 18.5 Å². The largest absolute Gasteiger partial charge is 0.390 e. The van der Waals surface area contributed by atoms with E-state index in [9.17, 15) is 5.11 Å². The SMILES string of the molecule is C=CCCCN(C)c1cc(CO)nc2ccccc12. The summed E-state index contributed by atoms with van der Waals surface area (Å²) in [7, 11) is 2.08. The van der Waals surface area contributed by atoms with Gasteiger partial charge < -0.3 is 10.0 Å². The number of unbranched alkanes of at least 4 members (excludes halogenated alkanes) is 1. The number of hydrogen-bond donors (Lipinski definition) is 1. The molecular formula is C16H20N2O. The van der Waals surface area contributed by atoms with E-state index in [0.29, 0.717) is 5.69 Å². The number of fused-ring (bicyclic) bond motifs is 1. The Morgan fingerprint density at radius 3 is 2.89 bits per heavy atom. The summed E-state index contributed by atoms with van der Waals surface area (Å²) in [5.41, 5.74) is 2.77. The molecule has 1 aromatic carbocycles. The fourth-order valence-electron chi connectivity index (χ4n) is 2.20. The first-order valence-corrected chi connectivity index (χ1v) is 6.58. The molecule has 0 aliphatic carbocycles. The molecule has 19 heavy (non-hydrogen) atoms. The van der Waals surface area contributed by atoms with Crippen LogP contribution in [0.2, 0.25) is 0 Å². The Hall–Kier alpha value is -1.87. The molecule has 1 N–H and O–H groups in total. The van der Waals surface area contributed by atoms with E-state index in [0.717, 1.165) is 36.0 Å². The molecule has 0 saturated carbocycles. The van der Waals surface area contributed by atoms with Crippen molar-refractivity contribution in [1.82, 2.24) is 4.98 Å². The Balaban J connectivity index is 2.36. The van der Waals surface area contributed by atoms with Crippen molar-refractivity contribution in [3.63, 3.8) is 0 Å². The first-order chi connectivity index (χ1) is 9.26. The Morgan fingerprint density at radius 2 is 2.16 bits per heavy atom. The van der Waals surface area contributed by atoms with Gasteiger partial charge in [-0.15, -0.1) is 6.58 Å². The summed E-state index contributed by atoms with van der Waals surface area (Å²) in [6, 6.07) is 10.0. The molecule has 2 rings (SSSR count). The Labute approximate surface area is 114 Å². The lowest BCUT2D eigenvalue weighted by atomic mass is 10.1. The summed E-state index contributed by atoms with van der Waals surface area (Å²) in [6.45, 7) is 4.68. The van der Waals surface area contributed by atoms with Gasteiger partial charge in [0.05, 0.1) is 17.8 Å². The van der Waals surface area contributed by atoms with Gasteiger partial charge in [0.1, 0.15) is 0 Å². The van der Waals surface area contributed by atoms with Crippen LogP contribution in [0.5, 0.6) is 0 Å². The number of anilines is 1. The van der Waals surface area contributed by atoms with Gasteiger partial charge in [-0.3, -0.25) is 4.98 Å². The van der Waals surface area contributed by atoms with Crippen LogP contribution in [0.3, 0.4) is 0 Å². The number of aliphatic hydroxyl groups is 1. The molecular weight excluding hydrogens is 236 g/mol. The topological polar surface area (TPSA) is 36.4 Å². The van der Waals surface area contributed by atoms with E-state index >= 15 is 0 Å². The average molecular weight is 256 g/mol. The molecule has 0 spiro atoms. The molecule has 0 amide bonds. The number of allylic oxidation sites excluding steroid dienone is 1. The number of hydrogen-bond acceptors (Lipinski definition) is 3. The first kappa shape index (κ1) is 13.6. The maximum absolute atomic E-state index is 9.32. The quantitative estimate of drug-likeness (QED) is 0.637. The van der Waals surface area contributed by atoms with Gasteiger partial charge in [-0.05, 0) is 25.0 Å². The van der Waals surface area contributed by atoms with Crippen LogP contribution in [-0.2, 0) is 6.61 Å². The highest BCUT2D eigenvalue weighted by molar-refractivity contribution is 5.91. The molecule has 0 saturated heterocycles. The zero-order valence-electron chi connectivity index (χ0n) is 11.3. The van der Waals surface area contributed by atoms with E-state index in [-0.39, 0.29) is 6.61 Å². The summed E-state index contributed by atoms with van der Waals surface area (Å²) in [5, 5.41) is 10.4. The zero-order valence-corrected chi connectivity index (χ0v) is 11.3. The highest BCUT2D eigenvalue weighted by atomic mass is 16.3. The molecule has 0 radical (unpaired) electrons. The van der Waals surface area contributed by atoms with Crippen molar-refractivity contribution in [1.29, 1.82) is 0 Å². The lowest BCUT2D eigenvalue weighted by Gasteiger charge is -2.21. The maximum Gasteiger partial charge on any atom is 0.0854 e. The van der Waals surface area contributed by atoms with E-state index in [1.54, 1.807) is 0 Å². The van der Waals surface area contributed by atoms with E-state index in [4.69, 9.17) is 0 Å². The molecule has 0 aliphatic heterocycles. The van der Waals surface area contributed by atoms with E-state index in [1.165, 1.54) is 0 Å². The Kier molecular flexibility index (Phi) is 4.53. The fourth-order valence-corrected chi connectivity index (χ4v) is 2.20. The van der Waals surface area contributed by atoms with E-state index < -0.39 is 0 Å². The lowest BCUT2D eigenvalue weighted by molar-refractivity contribution is 0.277. The number of pyridine rings is 1. The second-order valence-electron chi connectivity index (χ2n) is 4.66. The molecule has 0 atom stereocenters. The highest BCUT2D eigenvalue weighted by Crippen LogP contribution is 2.26. The monoisotopic (exact) mass is 256 g/mol. The molecule has 0 unspecified atom stereocenters. The molecule has 0 aliphatic rings. The third-order valence-corrected chi connectivity index (χ3v) is 3.22. The minimum absolute atomic E-state index is 0.0294. The first-order valence-electron chi connectivity index (χ1n) is 6.58. The summed E-state index contributed by atoms with van der Waals surface area (Å²) in [6.07, 6.45) is 4.03. The van der Waals surface area contributed by atoms with Gasteiger partial charge in [-0.2, -0.15) is 0 Å². The van der Waals surface area contributed by atoms with Crippen molar-refractivity contribution >= 4 is 16.6 Å².